The Labute approximate surface area is 279 Å². The van der Waals surface area contributed by atoms with Crippen LogP contribution < -0.4 is 39.8 Å². The van der Waals surface area contributed by atoms with Crippen molar-refractivity contribution in [1.29, 1.82) is 0 Å². The van der Waals surface area contributed by atoms with Crippen LogP contribution in [0.25, 0.3) is 0 Å². The second-order valence-corrected chi connectivity index (χ2v) is 11.7. The van der Waals surface area contributed by atoms with Gasteiger partial charge in [0, 0.05) is 5.75 Å². The molecule has 0 spiro atoms. The van der Waals surface area contributed by atoms with Crippen LogP contribution in [0.5, 0.6) is 5.75 Å². The van der Waals surface area contributed by atoms with E-state index in [9.17, 15) is 19.2 Å². The van der Waals surface area contributed by atoms with E-state index in [2.05, 4.69) is 5.32 Å². The lowest BCUT2D eigenvalue weighted by Crippen LogP contribution is -3.00. The van der Waals surface area contributed by atoms with Crippen LogP contribution in [-0.4, -0.2) is 83.5 Å². The fourth-order valence-electron chi connectivity index (χ4n) is 5.22. The Morgan fingerprint density at radius 1 is 1.07 bits per heavy atom. The average molecular weight is 735 g/mol. The molecule has 2 atom stereocenters. The summed E-state index contributed by atoms with van der Waals surface area (Å²) in [7, 11) is 1.58. The summed E-state index contributed by atoms with van der Waals surface area (Å²) in [6.07, 6.45) is 3.91. The molecule has 10 nitrogen and oxygen atoms in total. The van der Waals surface area contributed by atoms with Crippen LogP contribution in [0.1, 0.15) is 25.0 Å². The van der Waals surface area contributed by atoms with Gasteiger partial charge in [-0.1, -0.05) is 48.5 Å². The number of nitrogens with two attached hydrogens (primary N) is 1. The molecule has 0 unspecified atom stereocenters. The lowest BCUT2D eigenvalue weighted by atomic mass is 10.0. The molecule has 236 valence electrons. The number of benzene rings is 2. The fraction of sp³-hybridized carbons (Fsp3) is 0.375. The molecule has 0 bridgehead atoms. The molecular weight excluding hydrogens is 695 g/mol. The number of nitrogens with zero attached hydrogens (tertiary/aromatic N) is 2. The predicted octanol–water partition coefficient (Wildman–Crippen LogP) is -0.463. The number of esters is 1. The number of fused-ring (bicyclic) bond motifs is 1. The number of β-lactam (4-membered cyclic amide) rings is 1. The number of hydrogen-bond donors (Lipinski definition) is 2. The highest BCUT2D eigenvalue weighted by molar-refractivity contribution is 8.00. The molecule has 3 amide bonds. The van der Waals surface area contributed by atoms with E-state index in [-0.39, 0.29) is 67.0 Å². The van der Waals surface area contributed by atoms with E-state index in [1.807, 2.05) is 56.3 Å². The summed E-state index contributed by atoms with van der Waals surface area (Å²) in [5, 5.41) is 2.42. The van der Waals surface area contributed by atoms with Crippen molar-refractivity contribution in [2.24, 2.45) is 5.73 Å². The second-order valence-electron chi connectivity index (χ2n) is 10.6. The molecule has 0 aliphatic carbocycles. The Morgan fingerprint density at radius 3 is 2.36 bits per heavy atom. The van der Waals surface area contributed by atoms with E-state index in [0.29, 0.717) is 41.2 Å². The van der Waals surface area contributed by atoms with Crippen LogP contribution in [0, 0.1) is 0 Å². The number of primary amides is 1. The first-order valence-electron chi connectivity index (χ1n) is 14.3. The maximum absolute atomic E-state index is 13.5. The zero-order valence-corrected chi connectivity index (χ0v) is 28.1. The minimum atomic E-state index is -0.740. The van der Waals surface area contributed by atoms with E-state index in [4.69, 9.17) is 15.2 Å². The number of allylic oxidation sites excluding steroid dienone is 1. The van der Waals surface area contributed by atoms with E-state index in [0.717, 1.165) is 11.1 Å². The van der Waals surface area contributed by atoms with Crippen LogP contribution in [-0.2, 0) is 36.9 Å². The lowest BCUT2D eigenvalue weighted by Gasteiger charge is -2.49. The topological polar surface area (TPSA) is 128 Å². The number of quaternary nitrogens is 1. The predicted molar refractivity (Wildman–Crippen MR) is 164 cm³/mol. The van der Waals surface area contributed by atoms with Crippen molar-refractivity contribution in [2.45, 2.75) is 38.3 Å². The highest BCUT2D eigenvalue weighted by Crippen LogP contribution is 2.41. The number of thioether (sulfide) groups is 1. The minimum Gasteiger partial charge on any atom is -1.00 e. The van der Waals surface area contributed by atoms with Gasteiger partial charge in [0.05, 0.1) is 33.2 Å². The number of rotatable bonds is 14. The Morgan fingerprint density at radius 2 is 1.75 bits per heavy atom. The molecule has 2 aliphatic heterocycles. The second kappa shape index (κ2) is 16.1. The number of ether oxygens (including phenoxy) is 2. The number of hydrogen-bond acceptors (Lipinski definition) is 7. The summed E-state index contributed by atoms with van der Waals surface area (Å²) >= 11 is 1.48. The third-order valence-electron chi connectivity index (χ3n) is 7.89. The monoisotopic (exact) mass is 734 g/mol. The minimum absolute atomic E-state index is 0. The molecule has 0 saturated carbocycles. The smallest absolute Gasteiger partial charge is 0.355 e. The van der Waals surface area contributed by atoms with Gasteiger partial charge in [0.25, 0.3) is 11.8 Å². The molecule has 0 radical (unpaired) electrons. The number of nitrogens with one attached hydrogen (secondary N) is 1. The van der Waals surface area contributed by atoms with Crippen molar-refractivity contribution in [3.05, 3.63) is 89.1 Å². The molecule has 1 fully saturated rings. The Kier molecular flexibility index (Phi) is 12.8. The van der Waals surface area contributed by atoms with Crippen molar-refractivity contribution in [3.8, 4) is 5.75 Å². The van der Waals surface area contributed by atoms with E-state index in [1.165, 1.54) is 16.7 Å². The molecule has 1 saturated heterocycles. The zero-order valence-electron chi connectivity index (χ0n) is 25.2. The van der Waals surface area contributed by atoms with Crippen LogP contribution in [0.15, 0.2) is 78.0 Å². The number of halogens is 1. The number of carbonyl (C=O) groups excluding carboxylic acids is 4. The molecule has 2 heterocycles. The molecule has 0 aromatic heterocycles. The van der Waals surface area contributed by atoms with E-state index < -0.39 is 17.4 Å². The number of carbonyl (C=O) groups is 4. The first kappa shape index (κ1) is 35.1. The quantitative estimate of drug-likeness (QED) is 0.117. The van der Waals surface area contributed by atoms with E-state index >= 15 is 0 Å². The van der Waals surface area contributed by atoms with Gasteiger partial charge < -0.3 is 49.0 Å². The van der Waals surface area contributed by atoms with Gasteiger partial charge in [-0.2, -0.15) is 0 Å². The van der Waals surface area contributed by atoms with Crippen LogP contribution in [0.3, 0.4) is 0 Å². The average Bonchev–Trinajstić information content (AvgIpc) is 3.02. The van der Waals surface area contributed by atoms with Gasteiger partial charge in [0.15, 0.2) is 6.54 Å². The maximum atomic E-state index is 13.5. The molecule has 44 heavy (non-hydrogen) atoms. The molecule has 2 aliphatic rings. The van der Waals surface area contributed by atoms with Gasteiger partial charge in [0.1, 0.15) is 29.5 Å². The number of likely N-dealkylation sites (N-methyl/N-ethyl adjacent to an activating group) is 1. The highest BCUT2D eigenvalue weighted by atomic mass is 127. The summed E-state index contributed by atoms with van der Waals surface area (Å²) in [6.45, 7) is 6.20. The van der Waals surface area contributed by atoms with Crippen molar-refractivity contribution >= 4 is 35.5 Å². The third kappa shape index (κ3) is 8.42. The molecular formula is C32H39IN4O6S. The SMILES string of the molecule is CC[N+](CC)(C/C=C/C1=C(C(=O)OCc2ccc(OC)cc2)N2C(=O)[C@@H](NC(=O)Cc3ccccc3)[C@@H]2SC1)CC(N)=O.[I-]. The van der Waals surface area contributed by atoms with Crippen LogP contribution in [0.4, 0.5) is 0 Å². The summed E-state index contributed by atoms with van der Waals surface area (Å²) in [4.78, 5) is 52.8. The molecule has 12 heteroatoms. The van der Waals surface area contributed by atoms with Gasteiger partial charge in [0.2, 0.25) is 5.91 Å². The van der Waals surface area contributed by atoms with E-state index in [1.54, 1.807) is 31.4 Å². The largest absolute Gasteiger partial charge is 1.00 e. The van der Waals surface area contributed by atoms with Crippen LogP contribution in [0.2, 0.25) is 0 Å². The van der Waals surface area contributed by atoms with Gasteiger partial charge >= 0.3 is 5.97 Å². The Bertz CT molecular complexity index is 1400. The zero-order chi connectivity index (χ0) is 31.0. The van der Waals surface area contributed by atoms with Crippen LogP contribution >= 0.6 is 11.8 Å². The van der Waals surface area contributed by atoms with Gasteiger partial charge in [-0.15, -0.1) is 11.8 Å². The van der Waals surface area contributed by atoms with Crippen molar-refractivity contribution < 1.29 is 57.1 Å². The first-order chi connectivity index (χ1) is 20.7. The standard InChI is InChI=1S/C32H38N4O6S.HI/c1-4-36(5-2,19-26(33)37)17-9-12-24-21-43-31-28(34-27(38)18-22-10-7-6-8-11-22)30(39)35(31)29(24)32(40)42-20-23-13-15-25(41-3)16-14-23;/h6-16,28,31H,4-5,17-21H2,1-3H3,(H2-,33,34,37,38);1H/b12-9+;/t28-,31+;/m1./s1. The van der Waals surface area contributed by atoms with Crippen molar-refractivity contribution in [3.63, 3.8) is 0 Å². The molecule has 4 rings (SSSR count). The highest BCUT2D eigenvalue weighted by Gasteiger charge is 2.54. The Balaban J connectivity index is 0.00000529. The third-order valence-corrected chi connectivity index (χ3v) is 9.19. The fourth-order valence-corrected chi connectivity index (χ4v) is 6.54. The first-order valence-corrected chi connectivity index (χ1v) is 15.4. The van der Waals surface area contributed by atoms with Crippen molar-refractivity contribution in [1.82, 2.24) is 10.2 Å². The molecule has 2 aromatic carbocycles. The molecule has 3 N–H and O–H groups in total. The summed E-state index contributed by atoms with van der Waals surface area (Å²) in [5.74, 6) is -0.480. The number of amides is 3. The number of methoxy groups -OCH3 is 1. The van der Waals surface area contributed by atoms with Crippen molar-refractivity contribution in [2.75, 3.05) is 39.0 Å². The maximum Gasteiger partial charge on any atom is 0.355 e. The summed E-state index contributed by atoms with van der Waals surface area (Å²) in [5.41, 5.74) is 7.96. The summed E-state index contributed by atoms with van der Waals surface area (Å²) < 4.78 is 11.4. The lowest BCUT2D eigenvalue weighted by molar-refractivity contribution is -0.911. The molecule has 2 aromatic rings. The Hall–Kier alpha value is -3.36. The van der Waals surface area contributed by atoms with Gasteiger partial charge in [-0.05, 0) is 48.8 Å². The summed E-state index contributed by atoms with van der Waals surface area (Å²) in [6, 6.07) is 15.7. The van der Waals surface area contributed by atoms with Gasteiger partial charge in [-0.25, -0.2) is 4.79 Å². The van der Waals surface area contributed by atoms with Gasteiger partial charge in [-0.3, -0.25) is 19.3 Å². The normalized spacial score (nSPS) is 17.8.